The Bertz CT molecular complexity index is 870. The van der Waals surface area contributed by atoms with Crippen LogP contribution in [-0.2, 0) is 19.5 Å². The molecule has 0 saturated carbocycles. The van der Waals surface area contributed by atoms with Crippen molar-refractivity contribution in [3.63, 3.8) is 0 Å². The first-order valence-corrected chi connectivity index (χ1v) is 8.71. The molecule has 0 atom stereocenters. The zero-order valence-corrected chi connectivity index (χ0v) is 14.2. The number of carbonyl (C=O) groups is 1. The Morgan fingerprint density at radius 3 is 3.04 bits per heavy atom. The van der Waals surface area contributed by atoms with E-state index in [2.05, 4.69) is 14.9 Å². The van der Waals surface area contributed by atoms with Crippen LogP contribution in [-0.4, -0.2) is 27.2 Å². The number of Topliss-reactive ketones (excluding diaryl/α,β-unsaturated/α-hetero) is 1. The van der Waals surface area contributed by atoms with Crippen LogP contribution in [0.25, 0.3) is 11.6 Å². The molecule has 0 amide bonds. The first-order valence-electron chi connectivity index (χ1n) is 7.90. The van der Waals surface area contributed by atoms with Crippen molar-refractivity contribution in [2.45, 2.75) is 26.4 Å². The molecule has 0 aliphatic carbocycles. The average Bonchev–Trinajstić information content (AvgIpc) is 3.26. The zero-order valence-electron chi connectivity index (χ0n) is 13.4. The van der Waals surface area contributed by atoms with Crippen molar-refractivity contribution >= 4 is 17.1 Å². The van der Waals surface area contributed by atoms with Crippen molar-refractivity contribution in [2.24, 2.45) is 0 Å². The van der Waals surface area contributed by atoms with Gasteiger partial charge in [-0.25, -0.2) is 9.97 Å². The molecule has 0 radical (unpaired) electrons. The number of furan rings is 1. The predicted octanol–water partition coefficient (Wildman–Crippen LogP) is 3.56. The first-order chi connectivity index (χ1) is 11.7. The van der Waals surface area contributed by atoms with Crippen LogP contribution >= 0.6 is 11.3 Å². The summed E-state index contributed by atoms with van der Waals surface area (Å²) in [6.07, 6.45) is 4.44. The number of nitrogens with zero attached hydrogens (tertiary/aromatic N) is 3. The maximum atomic E-state index is 11.4. The van der Waals surface area contributed by atoms with Crippen molar-refractivity contribution in [1.29, 1.82) is 0 Å². The van der Waals surface area contributed by atoms with Gasteiger partial charge in [-0.3, -0.25) is 9.69 Å². The van der Waals surface area contributed by atoms with Gasteiger partial charge in [0.2, 0.25) is 0 Å². The van der Waals surface area contributed by atoms with Gasteiger partial charge in [0.25, 0.3) is 0 Å². The molecule has 0 spiro atoms. The van der Waals surface area contributed by atoms with Gasteiger partial charge < -0.3 is 4.42 Å². The number of fused-ring (bicyclic) bond motifs is 1. The van der Waals surface area contributed by atoms with Crippen LogP contribution in [0, 0.1) is 0 Å². The Morgan fingerprint density at radius 1 is 1.38 bits per heavy atom. The van der Waals surface area contributed by atoms with E-state index in [1.807, 2.05) is 30.5 Å². The highest BCUT2D eigenvalue weighted by molar-refractivity contribution is 7.14. The number of rotatable bonds is 4. The molecule has 0 N–H and O–H groups in total. The molecule has 0 unspecified atom stereocenters. The maximum absolute atomic E-state index is 11.4. The summed E-state index contributed by atoms with van der Waals surface area (Å²) in [5.41, 5.74) is 2.27. The Labute approximate surface area is 144 Å². The summed E-state index contributed by atoms with van der Waals surface area (Å²) < 4.78 is 5.37. The second kappa shape index (κ2) is 6.30. The van der Waals surface area contributed by atoms with E-state index >= 15 is 0 Å². The van der Waals surface area contributed by atoms with Gasteiger partial charge in [0, 0.05) is 42.7 Å². The highest BCUT2D eigenvalue weighted by Gasteiger charge is 2.20. The SMILES string of the molecule is CC(=O)c1ccc(CN2CCc3nc(-c4ccco4)ncc3C2)s1. The monoisotopic (exact) mass is 339 g/mol. The topological polar surface area (TPSA) is 59.2 Å². The van der Waals surface area contributed by atoms with Crippen LogP contribution < -0.4 is 0 Å². The molecular weight excluding hydrogens is 322 g/mol. The highest BCUT2D eigenvalue weighted by atomic mass is 32.1. The fraction of sp³-hybridized carbons (Fsp3) is 0.278. The first kappa shape index (κ1) is 15.2. The molecule has 6 heteroatoms. The van der Waals surface area contributed by atoms with Gasteiger partial charge in [0.1, 0.15) is 0 Å². The minimum Gasteiger partial charge on any atom is -0.461 e. The van der Waals surface area contributed by atoms with E-state index in [-0.39, 0.29) is 5.78 Å². The number of aromatic nitrogens is 2. The van der Waals surface area contributed by atoms with E-state index in [1.54, 1.807) is 24.5 Å². The molecule has 0 bridgehead atoms. The molecule has 1 aliphatic heterocycles. The lowest BCUT2D eigenvalue weighted by Gasteiger charge is -2.27. The van der Waals surface area contributed by atoms with Crippen molar-refractivity contribution < 1.29 is 9.21 Å². The fourth-order valence-corrected chi connectivity index (χ4v) is 3.85. The van der Waals surface area contributed by atoms with Crippen molar-refractivity contribution in [2.75, 3.05) is 6.54 Å². The number of carbonyl (C=O) groups excluding carboxylic acids is 1. The van der Waals surface area contributed by atoms with E-state index < -0.39 is 0 Å². The van der Waals surface area contributed by atoms with E-state index in [9.17, 15) is 4.79 Å². The largest absolute Gasteiger partial charge is 0.461 e. The molecule has 3 aromatic rings. The van der Waals surface area contributed by atoms with Gasteiger partial charge in [0.15, 0.2) is 17.4 Å². The third-order valence-electron chi connectivity index (χ3n) is 4.14. The molecular formula is C18H17N3O2S. The lowest BCUT2D eigenvalue weighted by Crippen LogP contribution is -2.30. The highest BCUT2D eigenvalue weighted by Crippen LogP contribution is 2.24. The summed E-state index contributed by atoms with van der Waals surface area (Å²) in [5, 5.41) is 0. The van der Waals surface area contributed by atoms with Gasteiger partial charge in [0.05, 0.1) is 16.8 Å². The van der Waals surface area contributed by atoms with Crippen LogP contribution in [0.3, 0.4) is 0 Å². The van der Waals surface area contributed by atoms with Gasteiger partial charge in [-0.05, 0) is 31.2 Å². The standard InChI is InChI=1S/C18H17N3O2S/c1-12(22)17-5-4-14(24-17)11-21-7-6-15-13(10-21)9-19-18(20-15)16-3-2-8-23-16/h2-5,8-9H,6-7,10-11H2,1H3. The molecule has 4 heterocycles. The van der Waals surface area contributed by atoms with Gasteiger partial charge in [-0.2, -0.15) is 0 Å². The van der Waals surface area contributed by atoms with E-state index in [0.717, 1.165) is 36.6 Å². The minimum absolute atomic E-state index is 0.133. The Hall–Kier alpha value is -2.31. The second-order valence-electron chi connectivity index (χ2n) is 5.93. The average molecular weight is 339 g/mol. The van der Waals surface area contributed by atoms with Crippen LogP contribution in [0.5, 0.6) is 0 Å². The number of ketones is 1. The van der Waals surface area contributed by atoms with Crippen LogP contribution in [0.15, 0.2) is 41.1 Å². The molecule has 0 fully saturated rings. The molecule has 3 aromatic heterocycles. The molecule has 122 valence electrons. The smallest absolute Gasteiger partial charge is 0.195 e. The van der Waals surface area contributed by atoms with Gasteiger partial charge >= 0.3 is 0 Å². The quantitative estimate of drug-likeness (QED) is 0.680. The molecule has 4 rings (SSSR count). The summed E-state index contributed by atoms with van der Waals surface area (Å²) in [7, 11) is 0. The van der Waals surface area contributed by atoms with Crippen molar-refractivity contribution in [1.82, 2.24) is 14.9 Å². The lowest BCUT2D eigenvalue weighted by atomic mass is 10.1. The van der Waals surface area contributed by atoms with Crippen molar-refractivity contribution in [3.8, 4) is 11.6 Å². The summed E-state index contributed by atoms with van der Waals surface area (Å²) in [5.74, 6) is 1.49. The Kier molecular flexibility index (Phi) is 4.00. The van der Waals surface area contributed by atoms with Crippen LogP contribution in [0.1, 0.15) is 32.7 Å². The van der Waals surface area contributed by atoms with Gasteiger partial charge in [-0.15, -0.1) is 11.3 Å². The predicted molar refractivity (Wildman–Crippen MR) is 91.9 cm³/mol. The van der Waals surface area contributed by atoms with E-state index in [1.165, 1.54) is 10.4 Å². The summed E-state index contributed by atoms with van der Waals surface area (Å²) >= 11 is 1.58. The lowest BCUT2D eigenvalue weighted by molar-refractivity contribution is 0.102. The normalized spacial score (nSPS) is 14.5. The summed E-state index contributed by atoms with van der Waals surface area (Å²) in [6.45, 7) is 4.26. The van der Waals surface area contributed by atoms with Crippen LogP contribution in [0.4, 0.5) is 0 Å². The number of hydrogen-bond acceptors (Lipinski definition) is 6. The molecule has 0 saturated heterocycles. The third kappa shape index (κ3) is 3.02. The number of hydrogen-bond donors (Lipinski definition) is 0. The Morgan fingerprint density at radius 2 is 2.29 bits per heavy atom. The molecule has 1 aliphatic rings. The van der Waals surface area contributed by atoms with E-state index in [4.69, 9.17) is 4.42 Å². The maximum Gasteiger partial charge on any atom is 0.195 e. The fourth-order valence-electron chi connectivity index (χ4n) is 2.91. The third-order valence-corrected chi connectivity index (χ3v) is 5.31. The molecule has 24 heavy (non-hydrogen) atoms. The Balaban J connectivity index is 1.48. The van der Waals surface area contributed by atoms with Gasteiger partial charge in [-0.1, -0.05) is 0 Å². The van der Waals surface area contributed by atoms with E-state index in [0.29, 0.717) is 11.6 Å². The zero-order chi connectivity index (χ0) is 16.5. The molecule has 0 aromatic carbocycles. The second-order valence-corrected chi connectivity index (χ2v) is 7.09. The minimum atomic E-state index is 0.133. The number of thiophene rings is 1. The van der Waals surface area contributed by atoms with Crippen molar-refractivity contribution in [3.05, 3.63) is 57.7 Å². The molecule has 5 nitrogen and oxygen atoms in total. The summed E-state index contributed by atoms with van der Waals surface area (Å²) in [4.78, 5) is 24.9. The van der Waals surface area contributed by atoms with Crippen LogP contribution in [0.2, 0.25) is 0 Å². The summed E-state index contributed by atoms with van der Waals surface area (Å²) in [6, 6.07) is 7.68.